The van der Waals surface area contributed by atoms with Crippen molar-refractivity contribution < 1.29 is 4.92 Å². The average molecular weight is 274 g/mol. The number of nitro benzene ring substituents is 1. The molecule has 0 bridgehead atoms. The second-order valence-corrected chi connectivity index (χ2v) is 4.38. The molecule has 1 aromatic heterocycles. The third-order valence-electron chi connectivity index (χ3n) is 3.34. The molecule has 0 saturated carbocycles. The molecule has 0 fully saturated rings. The highest BCUT2D eigenvalue weighted by molar-refractivity contribution is 6.04. The Labute approximate surface area is 119 Å². The van der Waals surface area contributed by atoms with E-state index in [1.807, 2.05) is 12.1 Å². The van der Waals surface area contributed by atoms with Gasteiger partial charge in [-0.25, -0.2) is 0 Å². The van der Waals surface area contributed by atoms with Gasteiger partial charge in [-0.05, 0) is 28.8 Å². The number of aromatic nitrogens is 1. The molecule has 6 heteroatoms. The third kappa shape index (κ3) is 1.75. The van der Waals surface area contributed by atoms with Crippen LogP contribution in [0.15, 0.2) is 42.2 Å². The van der Waals surface area contributed by atoms with Gasteiger partial charge < -0.3 is 0 Å². The number of allylic oxidation sites excluding steroid dienone is 1. The number of pyridine rings is 1. The van der Waals surface area contributed by atoms with Crippen LogP contribution in [0.25, 0.3) is 16.7 Å². The van der Waals surface area contributed by atoms with Crippen molar-refractivity contribution in [2.45, 2.75) is 0 Å². The highest BCUT2D eigenvalue weighted by Crippen LogP contribution is 2.46. The quantitative estimate of drug-likeness (QED) is 0.385. The zero-order valence-electron chi connectivity index (χ0n) is 10.6. The fourth-order valence-electron chi connectivity index (χ4n) is 2.47. The first-order valence-corrected chi connectivity index (χ1v) is 5.95. The maximum absolute atomic E-state index is 10.9. The summed E-state index contributed by atoms with van der Waals surface area (Å²) in [5, 5.41) is 29.2. The highest BCUT2D eigenvalue weighted by atomic mass is 16.6. The number of nitriles is 2. The van der Waals surface area contributed by atoms with Gasteiger partial charge in [0, 0.05) is 35.7 Å². The molecule has 1 aromatic carbocycles. The molecule has 1 aliphatic carbocycles. The predicted molar refractivity (Wildman–Crippen MR) is 73.6 cm³/mol. The highest BCUT2D eigenvalue weighted by Gasteiger charge is 2.28. The van der Waals surface area contributed by atoms with Crippen LogP contribution in [0.5, 0.6) is 0 Å². The number of hydrogen-bond donors (Lipinski definition) is 0. The van der Waals surface area contributed by atoms with Gasteiger partial charge in [0.15, 0.2) is 0 Å². The van der Waals surface area contributed by atoms with Crippen LogP contribution >= 0.6 is 0 Å². The Morgan fingerprint density at radius 3 is 2.48 bits per heavy atom. The van der Waals surface area contributed by atoms with Gasteiger partial charge in [-0.2, -0.15) is 10.5 Å². The van der Waals surface area contributed by atoms with E-state index in [4.69, 9.17) is 10.5 Å². The summed E-state index contributed by atoms with van der Waals surface area (Å²) in [4.78, 5) is 14.4. The molecule has 0 atom stereocenters. The van der Waals surface area contributed by atoms with Gasteiger partial charge in [0.2, 0.25) is 0 Å². The Kier molecular flexibility index (Phi) is 2.71. The third-order valence-corrected chi connectivity index (χ3v) is 3.34. The maximum Gasteiger partial charge on any atom is 0.270 e. The van der Waals surface area contributed by atoms with Crippen molar-refractivity contribution in [2.75, 3.05) is 0 Å². The molecule has 2 aromatic rings. The summed E-state index contributed by atoms with van der Waals surface area (Å²) < 4.78 is 0. The number of rotatable bonds is 1. The maximum atomic E-state index is 10.9. The van der Waals surface area contributed by atoms with Crippen LogP contribution < -0.4 is 0 Å². The van der Waals surface area contributed by atoms with E-state index in [0.717, 1.165) is 11.1 Å². The van der Waals surface area contributed by atoms with Crippen molar-refractivity contribution in [3.63, 3.8) is 0 Å². The number of non-ortho nitro benzene ring substituents is 1. The van der Waals surface area contributed by atoms with Crippen molar-refractivity contribution in [3.05, 3.63) is 63.5 Å². The number of nitro groups is 1. The number of benzene rings is 1. The smallest absolute Gasteiger partial charge is 0.264 e. The van der Waals surface area contributed by atoms with Gasteiger partial charge in [-0.15, -0.1) is 0 Å². The first-order valence-electron chi connectivity index (χ1n) is 5.95. The van der Waals surface area contributed by atoms with Crippen molar-refractivity contribution in [1.82, 2.24) is 4.98 Å². The summed E-state index contributed by atoms with van der Waals surface area (Å²) in [5.74, 6) is 0. The normalized spacial score (nSPS) is 11.0. The molecule has 0 N–H and O–H groups in total. The van der Waals surface area contributed by atoms with Gasteiger partial charge in [-0.1, -0.05) is 0 Å². The molecular weight excluding hydrogens is 268 g/mol. The molecule has 0 saturated heterocycles. The Morgan fingerprint density at radius 1 is 1.10 bits per heavy atom. The average Bonchev–Trinajstić information content (AvgIpc) is 2.83. The summed E-state index contributed by atoms with van der Waals surface area (Å²) in [5.41, 5.74) is 2.98. The van der Waals surface area contributed by atoms with Gasteiger partial charge in [0.25, 0.3) is 5.69 Å². The minimum absolute atomic E-state index is 0.0801. The number of nitrogens with zero attached hydrogens (tertiary/aromatic N) is 4. The molecule has 0 spiro atoms. The largest absolute Gasteiger partial charge is 0.270 e. The summed E-state index contributed by atoms with van der Waals surface area (Å²) in [6.45, 7) is 0. The van der Waals surface area contributed by atoms with E-state index in [1.54, 1.807) is 24.5 Å². The molecule has 21 heavy (non-hydrogen) atoms. The minimum Gasteiger partial charge on any atom is -0.264 e. The van der Waals surface area contributed by atoms with E-state index in [-0.39, 0.29) is 11.3 Å². The second kappa shape index (κ2) is 4.55. The lowest BCUT2D eigenvalue weighted by Crippen LogP contribution is -1.91. The molecule has 0 radical (unpaired) electrons. The Balaban J connectivity index is 2.42. The molecule has 6 nitrogen and oxygen atoms in total. The summed E-state index contributed by atoms with van der Waals surface area (Å²) >= 11 is 0. The van der Waals surface area contributed by atoms with E-state index in [9.17, 15) is 10.1 Å². The van der Waals surface area contributed by atoms with Crippen LogP contribution in [0, 0.1) is 32.8 Å². The molecule has 1 aliphatic rings. The van der Waals surface area contributed by atoms with Crippen LogP contribution in [0.4, 0.5) is 5.69 Å². The topological polar surface area (TPSA) is 104 Å². The van der Waals surface area contributed by atoms with Gasteiger partial charge in [-0.3, -0.25) is 15.1 Å². The number of hydrogen-bond acceptors (Lipinski definition) is 5. The lowest BCUT2D eigenvalue weighted by atomic mass is 10.00. The van der Waals surface area contributed by atoms with Crippen LogP contribution in [0.3, 0.4) is 0 Å². The van der Waals surface area contributed by atoms with Crippen molar-refractivity contribution in [3.8, 4) is 23.3 Å². The van der Waals surface area contributed by atoms with E-state index in [2.05, 4.69) is 4.98 Å². The molecule has 1 heterocycles. The van der Waals surface area contributed by atoms with Crippen molar-refractivity contribution >= 4 is 11.3 Å². The summed E-state index contributed by atoms with van der Waals surface area (Å²) in [7, 11) is 0. The molecule has 3 rings (SSSR count). The second-order valence-electron chi connectivity index (χ2n) is 4.38. The van der Waals surface area contributed by atoms with E-state index >= 15 is 0 Å². The monoisotopic (exact) mass is 274 g/mol. The van der Waals surface area contributed by atoms with Crippen molar-refractivity contribution in [2.24, 2.45) is 0 Å². The first kappa shape index (κ1) is 12.5. The first-order chi connectivity index (χ1) is 10.2. The van der Waals surface area contributed by atoms with Crippen LogP contribution in [0.2, 0.25) is 0 Å². The predicted octanol–water partition coefficient (Wildman–Crippen LogP) is 2.82. The van der Waals surface area contributed by atoms with Crippen LogP contribution in [-0.2, 0) is 0 Å². The van der Waals surface area contributed by atoms with Crippen LogP contribution in [-0.4, -0.2) is 9.91 Å². The Hall–Kier alpha value is -3.51. The summed E-state index contributed by atoms with van der Waals surface area (Å²) in [6, 6.07) is 9.88. The van der Waals surface area contributed by atoms with Crippen molar-refractivity contribution in [1.29, 1.82) is 10.5 Å². The Bertz CT molecular complexity index is 885. The lowest BCUT2D eigenvalue weighted by molar-refractivity contribution is -0.384. The van der Waals surface area contributed by atoms with Crippen LogP contribution in [0.1, 0.15) is 11.1 Å². The van der Waals surface area contributed by atoms with Gasteiger partial charge >= 0.3 is 0 Å². The van der Waals surface area contributed by atoms with Gasteiger partial charge in [0.1, 0.15) is 17.7 Å². The lowest BCUT2D eigenvalue weighted by Gasteiger charge is -2.01. The fourth-order valence-corrected chi connectivity index (χ4v) is 2.47. The standard InChI is InChI=1S/C15H6N4O2/c16-6-9(7-17)15-13-5-10(19(20)21)1-2-11(13)12-3-4-18-8-14(12)15/h1-5,8H. The summed E-state index contributed by atoms with van der Waals surface area (Å²) in [6.07, 6.45) is 3.16. The minimum atomic E-state index is -0.502. The fraction of sp³-hybridized carbons (Fsp3) is 0. The zero-order valence-corrected chi connectivity index (χ0v) is 10.6. The molecule has 0 aliphatic heterocycles. The van der Waals surface area contributed by atoms with E-state index in [0.29, 0.717) is 16.7 Å². The van der Waals surface area contributed by atoms with Gasteiger partial charge in [0.05, 0.1) is 4.92 Å². The zero-order chi connectivity index (χ0) is 15.0. The van der Waals surface area contributed by atoms with E-state index in [1.165, 1.54) is 12.1 Å². The molecule has 0 unspecified atom stereocenters. The number of fused-ring (bicyclic) bond motifs is 3. The molecule has 0 amide bonds. The van der Waals surface area contributed by atoms with E-state index < -0.39 is 4.92 Å². The Morgan fingerprint density at radius 2 is 1.81 bits per heavy atom. The SMILES string of the molecule is N#CC(C#N)=C1c2cnccc2-c2ccc([N+](=O)[O-])cc21. The molecular formula is C15H6N4O2. The molecule has 98 valence electrons.